The molecule has 6 nitrogen and oxygen atoms in total. The molecule has 3 aromatic carbocycles. The lowest BCUT2D eigenvalue weighted by Crippen LogP contribution is -2.30. The predicted octanol–water partition coefficient (Wildman–Crippen LogP) is 6.46. The van der Waals surface area contributed by atoms with Crippen molar-refractivity contribution in [3.05, 3.63) is 127 Å². The Morgan fingerprint density at radius 1 is 1.03 bits per heavy atom. The fraction of sp³-hybridized carbons (Fsp3) is 0.143. The number of rotatable bonds is 6. The molecule has 4 aromatic rings. The zero-order valence-corrected chi connectivity index (χ0v) is 22.1. The lowest BCUT2D eigenvalue weighted by Gasteiger charge is -2.26. The van der Waals surface area contributed by atoms with Crippen LogP contribution in [0.25, 0.3) is 0 Å². The van der Waals surface area contributed by atoms with Gasteiger partial charge in [-0.25, -0.2) is 4.79 Å². The first-order valence-corrected chi connectivity index (χ1v) is 13.2. The summed E-state index contributed by atoms with van der Waals surface area (Å²) in [7, 11) is 1.26. The minimum absolute atomic E-state index is 0.0399. The van der Waals surface area contributed by atoms with Crippen LogP contribution in [0.1, 0.15) is 38.8 Å². The molecule has 1 N–H and O–H groups in total. The molecule has 1 aliphatic rings. The molecule has 2 heterocycles. The van der Waals surface area contributed by atoms with Crippen LogP contribution in [0.2, 0.25) is 10.0 Å². The number of pyridine rings is 1. The zero-order valence-electron chi connectivity index (χ0n) is 19.7. The molecule has 0 fully saturated rings. The highest BCUT2D eigenvalue weighted by Crippen LogP contribution is 2.43. The fourth-order valence-electron chi connectivity index (χ4n) is 4.23. The van der Waals surface area contributed by atoms with E-state index in [-0.39, 0.29) is 18.1 Å². The maximum absolute atomic E-state index is 13.0. The maximum atomic E-state index is 13.0. The van der Waals surface area contributed by atoms with E-state index in [2.05, 4.69) is 11.5 Å². The van der Waals surface area contributed by atoms with E-state index in [1.165, 1.54) is 24.0 Å². The van der Waals surface area contributed by atoms with Gasteiger partial charge in [0.1, 0.15) is 6.61 Å². The summed E-state index contributed by atoms with van der Waals surface area (Å²) >= 11 is 14.4. The quantitative estimate of drug-likeness (QED) is 0.277. The number of fused-ring (bicyclic) bond motifs is 2. The standard InChI is InChI=1S/C28H22Cl2N2O4S/c1-35-28(34)26-27(36-15-17-7-3-2-4-8-17)23(33)11-12-32(26)31-25-19-10-6-5-9-18(19)16-37-24-14-22(30)21(29)13-20(24)25/h2-14,25,31H,15-16H2,1H3. The van der Waals surface area contributed by atoms with E-state index in [4.69, 9.17) is 32.7 Å². The molecule has 0 saturated heterocycles. The lowest BCUT2D eigenvalue weighted by atomic mass is 9.95. The number of aromatic nitrogens is 1. The molecule has 37 heavy (non-hydrogen) atoms. The Morgan fingerprint density at radius 2 is 1.76 bits per heavy atom. The smallest absolute Gasteiger partial charge is 0.360 e. The second-order valence-corrected chi connectivity index (χ2v) is 10.2. The molecule has 1 unspecified atom stereocenters. The number of nitrogens with zero attached hydrogens (tertiary/aromatic N) is 1. The van der Waals surface area contributed by atoms with Gasteiger partial charge in [0.25, 0.3) is 0 Å². The van der Waals surface area contributed by atoms with E-state index in [0.29, 0.717) is 10.0 Å². The van der Waals surface area contributed by atoms with Crippen LogP contribution < -0.4 is 15.6 Å². The van der Waals surface area contributed by atoms with Gasteiger partial charge in [0.15, 0.2) is 11.4 Å². The first kappa shape index (κ1) is 25.3. The molecule has 1 aliphatic heterocycles. The number of hydrogen-bond acceptors (Lipinski definition) is 6. The van der Waals surface area contributed by atoms with Gasteiger partial charge in [-0.15, -0.1) is 11.8 Å². The maximum Gasteiger partial charge on any atom is 0.360 e. The van der Waals surface area contributed by atoms with Crippen LogP contribution in [0, 0.1) is 0 Å². The molecule has 5 rings (SSSR count). The van der Waals surface area contributed by atoms with Crippen LogP contribution in [-0.2, 0) is 17.1 Å². The van der Waals surface area contributed by atoms with Gasteiger partial charge in [-0.1, -0.05) is 77.8 Å². The first-order chi connectivity index (χ1) is 18.0. The number of nitrogens with one attached hydrogen (secondary N) is 1. The number of carbonyl (C=O) groups is 1. The van der Waals surface area contributed by atoms with Crippen molar-refractivity contribution >= 4 is 40.9 Å². The van der Waals surface area contributed by atoms with Crippen LogP contribution in [0.3, 0.4) is 0 Å². The normalized spacial score (nSPS) is 14.2. The molecule has 1 aromatic heterocycles. The molecule has 0 radical (unpaired) electrons. The average molecular weight is 553 g/mol. The third kappa shape index (κ3) is 5.21. The summed E-state index contributed by atoms with van der Waals surface area (Å²) in [4.78, 5) is 26.8. The van der Waals surface area contributed by atoms with E-state index < -0.39 is 17.4 Å². The number of ether oxygens (including phenoxy) is 2. The summed E-state index contributed by atoms with van der Waals surface area (Å²) < 4.78 is 12.4. The summed E-state index contributed by atoms with van der Waals surface area (Å²) in [5, 5.41) is 0.889. The van der Waals surface area contributed by atoms with E-state index in [1.807, 2.05) is 60.7 Å². The van der Waals surface area contributed by atoms with Gasteiger partial charge in [-0.3, -0.25) is 9.47 Å². The zero-order chi connectivity index (χ0) is 25.9. The monoisotopic (exact) mass is 552 g/mol. The summed E-state index contributed by atoms with van der Waals surface area (Å²) in [5.74, 6) is -0.0751. The molecule has 0 spiro atoms. The second kappa shape index (κ2) is 10.9. The van der Waals surface area contributed by atoms with Crippen LogP contribution >= 0.6 is 35.0 Å². The Hall–Kier alpha value is -3.39. The molecule has 0 aliphatic carbocycles. The largest absolute Gasteiger partial charge is 0.482 e. The van der Waals surface area contributed by atoms with Crippen molar-refractivity contribution in [3.8, 4) is 5.75 Å². The summed E-state index contributed by atoms with van der Waals surface area (Å²) in [5.41, 5.74) is 6.82. The lowest BCUT2D eigenvalue weighted by molar-refractivity contribution is 0.0582. The Bertz CT molecular complexity index is 1520. The predicted molar refractivity (Wildman–Crippen MR) is 146 cm³/mol. The summed E-state index contributed by atoms with van der Waals surface area (Å²) in [6.07, 6.45) is 1.50. The minimum atomic E-state index is -0.709. The van der Waals surface area contributed by atoms with Crippen molar-refractivity contribution in [2.75, 3.05) is 12.5 Å². The van der Waals surface area contributed by atoms with E-state index in [0.717, 1.165) is 32.9 Å². The van der Waals surface area contributed by atoms with Crippen molar-refractivity contribution in [1.82, 2.24) is 4.68 Å². The number of carbonyl (C=O) groups excluding carboxylic acids is 1. The van der Waals surface area contributed by atoms with Crippen LogP contribution in [-0.4, -0.2) is 17.8 Å². The molecule has 188 valence electrons. The van der Waals surface area contributed by atoms with Gasteiger partial charge < -0.3 is 14.9 Å². The van der Waals surface area contributed by atoms with Crippen molar-refractivity contribution in [2.24, 2.45) is 0 Å². The van der Waals surface area contributed by atoms with Gasteiger partial charge in [0, 0.05) is 22.9 Å². The molecular formula is C28H22Cl2N2O4S. The molecule has 1 atom stereocenters. The van der Waals surface area contributed by atoms with E-state index >= 15 is 0 Å². The van der Waals surface area contributed by atoms with E-state index in [9.17, 15) is 9.59 Å². The van der Waals surface area contributed by atoms with Crippen molar-refractivity contribution in [2.45, 2.75) is 23.3 Å². The fourth-order valence-corrected chi connectivity index (χ4v) is 5.75. The van der Waals surface area contributed by atoms with E-state index in [1.54, 1.807) is 11.8 Å². The van der Waals surface area contributed by atoms with Crippen molar-refractivity contribution in [3.63, 3.8) is 0 Å². The molecule has 0 bridgehead atoms. The highest BCUT2D eigenvalue weighted by molar-refractivity contribution is 7.98. The topological polar surface area (TPSA) is 69.6 Å². The number of halogens is 2. The highest BCUT2D eigenvalue weighted by atomic mass is 35.5. The molecular weight excluding hydrogens is 531 g/mol. The van der Waals surface area contributed by atoms with Crippen LogP contribution in [0.4, 0.5) is 0 Å². The number of thioether (sulfide) groups is 1. The SMILES string of the molecule is COC(=O)c1c(OCc2ccccc2)c(=O)ccn1NC1c2ccccc2CSc2cc(Cl)c(Cl)cc21. The Morgan fingerprint density at radius 3 is 2.54 bits per heavy atom. The number of methoxy groups -OCH3 is 1. The van der Waals surface area contributed by atoms with Gasteiger partial charge in [0.05, 0.1) is 23.2 Å². The molecule has 0 saturated carbocycles. The summed E-state index contributed by atoms with van der Waals surface area (Å²) in [6.45, 7) is 0.115. The van der Waals surface area contributed by atoms with Gasteiger partial charge >= 0.3 is 5.97 Å². The average Bonchev–Trinajstić information content (AvgIpc) is 3.06. The minimum Gasteiger partial charge on any atom is -0.482 e. The second-order valence-electron chi connectivity index (χ2n) is 8.35. The Kier molecular flexibility index (Phi) is 7.46. The van der Waals surface area contributed by atoms with Crippen LogP contribution in [0.15, 0.2) is 88.7 Å². The number of hydrogen-bond donors (Lipinski definition) is 1. The summed E-state index contributed by atoms with van der Waals surface area (Å²) in [6, 6.07) is 22.1. The molecule has 9 heteroatoms. The third-order valence-electron chi connectivity index (χ3n) is 6.04. The Labute approximate surface area is 228 Å². The highest BCUT2D eigenvalue weighted by Gasteiger charge is 2.28. The van der Waals surface area contributed by atoms with Crippen molar-refractivity contribution < 1.29 is 14.3 Å². The van der Waals surface area contributed by atoms with Gasteiger partial charge in [0.2, 0.25) is 5.43 Å². The number of esters is 1. The van der Waals surface area contributed by atoms with Gasteiger partial charge in [-0.05, 0) is 34.4 Å². The van der Waals surface area contributed by atoms with Crippen LogP contribution in [0.5, 0.6) is 5.75 Å². The first-order valence-electron chi connectivity index (χ1n) is 11.4. The molecule has 0 amide bonds. The Balaban J connectivity index is 1.62. The van der Waals surface area contributed by atoms with Gasteiger partial charge in [-0.2, -0.15) is 0 Å². The van der Waals surface area contributed by atoms with Crippen molar-refractivity contribution in [1.29, 1.82) is 0 Å². The number of benzene rings is 3. The third-order valence-corrected chi connectivity index (χ3v) is 7.88.